The highest BCUT2D eigenvalue weighted by atomic mass is 79.9. The maximum Gasteiger partial charge on any atom is 0.265 e. The molecule has 6 heteroatoms. The Hall–Kier alpha value is -2.08. The van der Waals surface area contributed by atoms with Crippen molar-refractivity contribution in [2.24, 2.45) is 0 Å². The molecular weight excluding hydrogens is 339 g/mol. The standard InChI is InChI=1S/C15H14BrFN2O2/c1-9(21-12-6-7-13(16)14(17)8-12)15(20)19-11-4-2-10(18)3-5-11/h2-9H,18H2,1H3,(H,19,20). The van der Waals surface area contributed by atoms with Gasteiger partial charge >= 0.3 is 0 Å². The van der Waals surface area contributed by atoms with Crippen molar-refractivity contribution in [3.8, 4) is 5.75 Å². The lowest BCUT2D eigenvalue weighted by Gasteiger charge is -2.15. The van der Waals surface area contributed by atoms with Crippen LogP contribution in [0.3, 0.4) is 0 Å². The Labute approximate surface area is 130 Å². The van der Waals surface area contributed by atoms with E-state index in [1.807, 2.05) is 0 Å². The number of hydrogen-bond acceptors (Lipinski definition) is 3. The van der Waals surface area contributed by atoms with Gasteiger partial charge in [-0.15, -0.1) is 0 Å². The lowest BCUT2D eigenvalue weighted by Crippen LogP contribution is -2.30. The molecule has 110 valence electrons. The summed E-state index contributed by atoms with van der Waals surface area (Å²) in [6, 6.07) is 11.1. The summed E-state index contributed by atoms with van der Waals surface area (Å²) >= 11 is 3.05. The number of halogens is 2. The second kappa shape index (κ2) is 6.58. The number of amides is 1. The molecule has 0 fully saturated rings. The van der Waals surface area contributed by atoms with E-state index in [4.69, 9.17) is 10.5 Å². The van der Waals surface area contributed by atoms with Crippen LogP contribution in [-0.2, 0) is 4.79 Å². The van der Waals surface area contributed by atoms with Crippen LogP contribution in [0.2, 0.25) is 0 Å². The van der Waals surface area contributed by atoms with Crippen molar-refractivity contribution in [3.05, 3.63) is 52.8 Å². The van der Waals surface area contributed by atoms with Crippen LogP contribution in [0.1, 0.15) is 6.92 Å². The Morgan fingerprint density at radius 1 is 1.29 bits per heavy atom. The van der Waals surface area contributed by atoms with Crippen LogP contribution in [0.4, 0.5) is 15.8 Å². The van der Waals surface area contributed by atoms with E-state index >= 15 is 0 Å². The summed E-state index contributed by atoms with van der Waals surface area (Å²) in [7, 11) is 0. The molecule has 1 amide bonds. The van der Waals surface area contributed by atoms with Crippen molar-refractivity contribution in [2.75, 3.05) is 11.1 Å². The second-order valence-electron chi connectivity index (χ2n) is 4.45. The Balaban J connectivity index is 1.98. The van der Waals surface area contributed by atoms with E-state index in [0.717, 1.165) is 0 Å². The van der Waals surface area contributed by atoms with Gasteiger partial charge in [0.2, 0.25) is 0 Å². The molecule has 0 aromatic heterocycles. The number of anilines is 2. The number of hydrogen-bond donors (Lipinski definition) is 2. The van der Waals surface area contributed by atoms with E-state index in [1.165, 1.54) is 12.1 Å². The van der Waals surface area contributed by atoms with E-state index in [0.29, 0.717) is 15.8 Å². The molecule has 0 heterocycles. The van der Waals surface area contributed by atoms with Gasteiger partial charge in [-0.1, -0.05) is 0 Å². The van der Waals surface area contributed by atoms with Crippen molar-refractivity contribution < 1.29 is 13.9 Å². The van der Waals surface area contributed by atoms with E-state index < -0.39 is 11.9 Å². The average molecular weight is 353 g/mol. The Kier molecular flexibility index (Phi) is 4.80. The molecule has 0 aliphatic heterocycles. The van der Waals surface area contributed by atoms with E-state index in [1.54, 1.807) is 37.3 Å². The molecular formula is C15H14BrFN2O2. The van der Waals surface area contributed by atoms with Gasteiger partial charge in [0.05, 0.1) is 4.47 Å². The molecule has 2 aromatic rings. The summed E-state index contributed by atoms with van der Waals surface area (Å²) in [6.45, 7) is 1.59. The van der Waals surface area contributed by atoms with E-state index in [9.17, 15) is 9.18 Å². The first-order valence-electron chi connectivity index (χ1n) is 6.24. The van der Waals surface area contributed by atoms with Crippen LogP contribution in [0.5, 0.6) is 5.75 Å². The molecule has 0 saturated heterocycles. The molecule has 21 heavy (non-hydrogen) atoms. The Bertz CT molecular complexity index is 647. The third-order valence-corrected chi connectivity index (χ3v) is 3.39. The lowest BCUT2D eigenvalue weighted by atomic mass is 10.2. The second-order valence-corrected chi connectivity index (χ2v) is 5.30. The smallest absolute Gasteiger partial charge is 0.265 e. The number of nitrogen functional groups attached to an aromatic ring is 1. The number of nitrogens with one attached hydrogen (secondary N) is 1. The van der Waals surface area contributed by atoms with Gasteiger partial charge in [-0.2, -0.15) is 0 Å². The normalized spacial score (nSPS) is 11.8. The summed E-state index contributed by atoms with van der Waals surface area (Å²) < 4.78 is 19.1. The summed E-state index contributed by atoms with van der Waals surface area (Å²) in [5.41, 5.74) is 6.80. The predicted molar refractivity (Wildman–Crippen MR) is 83.7 cm³/mol. The largest absolute Gasteiger partial charge is 0.481 e. The summed E-state index contributed by atoms with van der Waals surface area (Å²) in [4.78, 5) is 12.0. The van der Waals surface area contributed by atoms with Gasteiger partial charge in [0.1, 0.15) is 11.6 Å². The van der Waals surface area contributed by atoms with E-state index in [2.05, 4.69) is 21.2 Å². The zero-order valence-corrected chi connectivity index (χ0v) is 12.9. The molecule has 0 saturated carbocycles. The SMILES string of the molecule is CC(Oc1ccc(Br)c(F)c1)C(=O)Nc1ccc(N)cc1. The van der Waals surface area contributed by atoms with Crippen molar-refractivity contribution >= 4 is 33.2 Å². The molecule has 0 aliphatic carbocycles. The van der Waals surface area contributed by atoms with E-state index in [-0.39, 0.29) is 11.7 Å². The van der Waals surface area contributed by atoms with Crippen LogP contribution < -0.4 is 15.8 Å². The molecule has 0 radical (unpaired) electrons. The fourth-order valence-electron chi connectivity index (χ4n) is 1.62. The lowest BCUT2D eigenvalue weighted by molar-refractivity contribution is -0.122. The van der Waals surface area contributed by atoms with Gasteiger partial charge in [0, 0.05) is 17.4 Å². The fraction of sp³-hybridized carbons (Fsp3) is 0.133. The maximum atomic E-state index is 13.4. The van der Waals surface area contributed by atoms with Crippen LogP contribution in [0.15, 0.2) is 46.9 Å². The van der Waals surface area contributed by atoms with Gasteiger partial charge < -0.3 is 15.8 Å². The number of rotatable bonds is 4. The quantitative estimate of drug-likeness (QED) is 0.826. The molecule has 3 N–H and O–H groups in total. The van der Waals surface area contributed by atoms with Crippen LogP contribution in [0.25, 0.3) is 0 Å². The number of carbonyl (C=O) groups excluding carboxylic acids is 1. The minimum atomic E-state index is -0.761. The molecule has 2 aromatic carbocycles. The summed E-state index contributed by atoms with van der Waals surface area (Å²) in [5, 5.41) is 2.69. The first-order valence-corrected chi connectivity index (χ1v) is 7.03. The van der Waals surface area contributed by atoms with Gasteiger partial charge in [-0.3, -0.25) is 4.79 Å². The fourth-order valence-corrected chi connectivity index (χ4v) is 1.86. The monoisotopic (exact) mass is 352 g/mol. The highest BCUT2D eigenvalue weighted by Crippen LogP contribution is 2.22. The summed E-state index contributed by atoms with van der Waals surface area (Å²) in [6.07, 6.45) is -0.761. The number of ether oxygens (including phenoxy) is 1. The molecule has 0 bridgehead atoms. The third kappa shape index (κ3) is 4.19. The van der Waals surface area contributed by atoms with Crippen molar-refractivity contribution in [1.29, 1.82) is 0 Å². The minimum Gasteiger partial charge on any atom is -0.481 e. The topological polar surface area (TPSA) is 64.3 Å². The maximum absolute atomic E-state index is 13.4. The highest BCUT2D eigenvalue weighted by molar-refractivity contribution is 9.10. The van der Waals surface area contributed by atoms with Crippen molar-refractivity contribution in [2.45, 2.75) is 13.0 Å². The third-order valence-electron chi connectivity index (χ3n) is 2.75. The Morgan fingerprint density at radius 2 is 1.95 bits per heavy atom. The molecule has 1 unspecified atom stereocenters. The molecule has 0 aliphatic rings. The molecule has 0 spiro atoms. The average Bonchev–Trinajstić information content (AvgIpc) is 2.45. The van der Waals surface area contributed by atoms with Crippen LogP contribution >= 0.6 is 15.9 Å². The summed E-state index contributed by atoms with van der Waals surface area (Å²) in [5.74, 6) is -0.489. The zero-order valence-electron chi connectivity index (χ0n) is 11.3. The van der Waals surface area contributed by atoms with Crippen molar-refractivity contribution in [3.63, 3.8) is 0 Å². The number of nitrogens with two attached hydrogens (primary N) is 1. The molecule has 1 atom stereocenters. The van der Waals surface area contributed by atoms with Gasteiger partial charge in [0.15, 0.2) is 6.10 Å². The predicted octanol–water partition coefficient (Wildman–Crippen LogP) is 3.58. The Morgan fingerprint density at radius 3 is 2.57 bits per heavy atom. The number of benzene rings is 2. The van der Waals surface area contributed by atoms with Gasteiger partial charge in [0.25, 0.3) is 5.91 Å². The zero-order chi connectivity index (χ0) is 15.4. The number of carbonyl (C=O) groups is 1. The van der Waals surface area contributed by atoms with Crippen LogP contribution in [0, 0.1) is 5.82 Å². The first kappa shape index (κ1) is 15.3. The molecule has 2 rings (SSSR count). The van der Waals surface area contributed by atoms with Gasteiger partial charge in [-0.25, -0.2) is 4.39 Å². The van der Waals surface area contributed by atoms with Crippen LogP contribution in [-0.4, -0.2) is 12.0 Å². The first-order chi connectivity index (χ1) is 9.95. The van der Waals surface area contributed by atoms with Crippen molar-refractivity contribution in [1.82, 2.24) is 0 Å². The molecule has 4 nitrogen and oxygen atoms in total. The minimum absolute atomic E-state index is 0.288. The van der Waals surface area contributed by atoms with Gasteiger partial charge in [-0.05, 0) is 59.3 Å². The highest BCUT2D eigenvalue weighted by Gasteiger charge is 2.15.